The summed E-state index contributed by atoms with van der Waals surface area (Å²) in [5, 5.41) is 9.02. The van der Waals surface area contributed by atoms with Crippen LogP contribution in [0, 0.1) is 0 Å². The van der Waals surface area contributed by atoms with Crippen molar-refractivity contribution < 1.29 is 9.90 Å². The summed E-state index contributed by atoms with van der Waals surface area (Å²) in [4.78, 5) is 13.0. The predicted molar refractivity (Wildman–Crippen MR) is 58.4 cm³/mol. The summed E-state index contributed by atoms with van der Waals surface area (Å²) >= 11 is 2.17. The molecule has 0 aliphatic carbocycles. The normalized spacial score (nSPS) is 24.5. The number of aliphatic hydroxyl groups is 1. The minimum absolute atomic E-state index is 0.0528. The quantitative estimate of drug-likeness (QED) is 0.444. The van der Waals surface area contributed by atoms with Crippen LogP contribution in [0.4, 0.5) is 0 Å². The zero-order valence-electron chi connectivity index (χ0n) is 7.32. The summed E-state index contributed by atoms with van der Waals surface area (Å²) < 4.78 is 2.03. The molecule has 1 aliphatic heterocycles. The molecule has 1 N–H and O–H groups in total. The number of rotatable bonds is 2. The first kappa shape index (κ1) is 10.9. The minimum atomic E-state index is -0.0528. The van der Waals surface area contributed by atoms with Gasteiger partial charge in [-0.15, -0.1) is 0 Å². The number of hydrogen-bond acceptors (Lipinski definition) is 3. The summed E-state index contributed by atoms with van der Waals surface area (Å²) in [5.41, 5.74) is 0. The molecule has 0 aromatic rings. The van der Waals surface area contributed by atoms with Gasteiger partial charge in [-0.25, -0.2) is 3.11 Å². The van der Waals surface area contributed by atoms with Crippen LogP contribution in [0.3, 0.4) is 0 Å². The largest absolute Gasteiger partial charge is 0.395 e. The van der Waals surface area contributed by atoms with E-state index in [4.69, 9.17) is 5.11 Å². The average molecular weight is 296 g/mol. The molecule has 1 fully saturated rings. The molecule has 0 aromatic carbocycles. The van der Waals surface area contributed by atoms with Crippen molar-refractivity contribution in [1.82, 2.24) is 8.01 Å². The van der Waals surface area contributed by atoms with Gasteiger partial charge >= 0.3 is 0 Å². The molecule has 13 heavy (non-hydrogen) atoms. The lowest BCUT2D eigenvalue weighted by Gasteiger charge is -2.36. The van der Waals surface area contributed by atoms with E-state index in [1.165, 1.54) is 6.08 Å². The molecular weight excluding hydrogens is 283 g/mol. The zero-order valence-corrected chi connectivity index (χ0v) is 9.48. The second-order valence-electron chi connectivity index (χ2n) is 2.95. The van der Waals surface area contributed by atoms with Crippen molar-refractivity contribution >= 4 is 28.8 Å². The minimum Gasteiger partial charge on any atom is -0.395 e. The molecule has 1 amide bonds. The van der Waals surface area contributed by atoms with Gasteiger partial charge < -0.3 is 10.0 Å². The topological polar surface area (TPSA) is 43.8 Å². The van der Waals surface area contributed by atoms with Gasteiger partial charge in [-0.2, -0.15) is 0 Å². The summed E-state index contributed by atoms with van der Waals surface area (Å²) in [6.07, 6.45) is 1.32. The van der Waals surface area contributed by atoms with Crippen molar-refractivity contribution in [3.63, 3.8) is 0 Å². The van der Waals surface area contributed by atoms with Gasteiger partial charge in [0.2, 0.25) is 5.91 Å². The smallest absolute Gasteiger partial charge is 0.246 e. The van der Waals surface area contributed by atoms with Crippen LogP contribution in [-0.4, -0.2) is 51.3 Å². The van der Waals surface area contributed by atoms with Gasteiger partial charge in [0.1, 0.15) is 0 Å². The highest BCUT2D eigenvalue weighted by atomic mass is 127. The number of amides is 1. The van der Waals surface area contributed by atoms with Crippen LogP contribution in [0.25, 0.3) is 0 Å². The van der Waals surface area contributed by atoms with E-state index in [1.54, 1.807) is 4.90 Å². The second kappa shape index (κ2) is 4.92. The molecule has 0 radical (unpaired) electrons. The van der Waals surface area contributed by atoms with Crippen molar-refractivity contribution in [1.29, 1.82) is 0 Å². The van der Waals surface area contributed by atoms with Gasteiger partial charge in [0.25, 0.3) is 0 Å². The summed E-state index contributed by atoms with van der Waals surface area (Å²) in [5.74, 6) is -0.0528. The molecule has 1 rings (SSSR count). The number of halogens is 1. The fourth-order valence-electron chi connectivity index (χ4n) is 1.31. The molecule has 0 unspecified atom stereocenters. The Morgan fingerprint density at radius 2 is 2.38 bits per heavy atom. The third-order valence-corrected chi connectivity index (χ3v) is 3.38. The monoisotopic (exact) mass is 296 g/mol. The molecule has 0 saturated carbocycles. The van der Waals surface area contributed by atoms with Gasteiger partial charge in [-0.1, -0.05) is 6.58 Å². The van der Waals surface area contributed by atoms with E-state index in [2.05, 4.69) is 29.4 Å². The van der Waals surface area contributed by atoms with E-state index in [0.717, 1.165) is 6.54 Å². The van der Waals surface area contributed by atoms with E-state index in [1.807, 2.05) is 3.11 Å². The van der Waals surface area contributed by atoms with Crippen LogP contribution in [0.2, 0.25) is 0 Å². The SMILES string of the molecule is C=CC(=O)N1CCN(I)[C@@H](CO)C1. The maximum Gasteiger partial charge on any atom is 0.246 e. The Hall–Kier alpha value is -0.140. The molecule has 74 valence electrons. The number of piperazine rings is 1. The lowest BCUT2D eigenvalue weighted by atomic mass is 10.2. The summed E-state index contributed by atoms with van der Waals surface area (Å²) in [7, 11) is 0. The fourth-order valence-corrected chi connectivity index (χ4v) is 1.88. The van der Waals surface area contributed by atoms with E-state index in [9.17, 15) is 4.79 Å². The van der Waals surface area contributed by atoms with Crippen molar-refractivity contribution in [2.75, 3.05) is 26.2 Å². The van der Waals surface area contributed by atoms with Crippen LogP contribution < -0.4 is 0 Å². The van der Waals surface area contributed by atoms with Crippen molar-refractivity contribution in [2.24, 2.45) is 0 Å². The van der Waals surface area contributed by atoms with Gasteiger partial charge in [0.15, 0.2) is 0 Å². The first-order valence-corrected chi connectivity index (χ1v) is 5.10. The van der Waals surface area contributed by atoms with Gasteiger partial charge in [-0.3, -0.25) is 4.79 Å². The zero-order chi connectivity index (χ0) is 9.84. The van der Waals surface area contributed by atoms with Crippen molar-refractivity contribution in [3.05, 3.63) is 12.7 Å². The van der Waals surface area contributed by atoms with Crippen molar-refractivity contribution in [3.8, 4) is 0 Å². The number of hydrogen-bond donors (Lipinski definition) is 1. The molecule has 1 aliphatic rings. The van der Waals surface area contributed by atoms with Crippen LogP contribution in [-0.2, 0) is 4.79 Å². The second-order valence-corrected chi connectivity index (χ2v) is 4.19. The highest BCUT2D eigenvalue weighted by Gasteiger charge is 2.26. The molecule has 1 heterocycles. The van der Waals surface area contributed by atoms with E-state index in [-0.39, 0.29) is 18.6 Å². The average Bonchev–Trinajstić information content (AvgIpc) is 2.17. The first-order chi connectivity index (χ1) is 6.19. The lowest BCUT2D eigenvalue weighted by Crippen LogP contribution is -2.52. The third-order valence-electron chi connectivity index (χ3n) is 2.11. The molecule has 5 heteroatoms. The van der Waals surface area contributed by atoms with Crippen molar-refractivity contribution in [2.45, 2.75) is 6.04 Å². The van der Waals surface area contributed by atoms with Gasteiger partial charge in [0.05, 0.1) is 12.6 Å². The lowest BCUT2D eigenvalue weighted by molar-refractivity contribution is -0.128. The van der Waals surface area contributed by atoms with Crippen LogP contribution in [0.15, 0.2) is 12.7 Å². The van der Waals surface area contributed by atoms with Gasteiger partial charge in [0, 0.05) is 42.5 Å². The highest BCUT2D eigenvalue weighted by Crippen LogP contribution is 2.13. The highest BCUT2D eigenvalue weighted by molar-refractivity contribution is 14.1. The maximum atomic E-state index is 11.2. The Bertz CT molecular complexity index is 210. The summed E-state index contributed by atoms with van der Waals surface area (Å²) in [6, 6.07) is 0.0539. The third kappa shape index (κ3) is 2.65. The Labute approximate surface area is 91.7 Å². The van der Waals surface area contributed by atoms with Crippen LogP contribution in [0.5, 0.6) is 0 Å². The van der Waals surface area contributed by atoms with E-state index in [0.29, 0.717) is 13.1 Å². The molecule has 4 nitrogen and oxygen atoms in total. The molecule has 1 atom stereocenters. The molecule has 0 spiro atoms. The fraction of sp³-hybridized carbons (Fsp3) is 0.625. The Balaban J connectivity index is 2.54. The first-order valence-electron chi connectivity index (χ1n) is 4.13. The van der Waals surface area contributed by atoms with Crippen LogP contribution >= 0.6 is 22.9 Å². The number of carbonyl (C=O) groups excluding carboxylic acids is 1. The number of carbonyl (C=O) groups is 1. The van der Waals surface area contributed by atoms with E-state index >= 15 is 0 Å². The molecule has 1 saturated heterocycles. The molecular formula is C8H13IN2O2. The van der Waals surface area contributed by atoms with E-state index < -0.39 is 0 Å². The summed E-state index contributed by atoms with van der Waals surface area (Å²) in [6.45, 7) is 5.62. The van der Waals surface area contributed by atoms with Gasteiger partial charge in [-0.05, 0) is 6.08 Å². The molecule has 0 bridgehead atoms. The number of aliphatic hydroxyl groups excluding tert-OH is 1. The standard InChI is InChI=1S/C8H13IN2O2/c1-2-8(13)10-3-4-11(9)7(5-10)6-12/h2,7,12H,1,3-6H2/t7-/m1/s1. The Kier molecular flexibility index (Phi) is 4.14. The molecule has 0 aromatic heterocycles. The van der Waals surface area contributed by atoms with Crippen LogP contribution in [0.1, 0.15) is 0 Å². The Morgan fingerprint density at radius 3 is 2.92 bits per heavy atom. The maximum absolute atomic E-state index is 11.2. The Morgan fingerprint density at radius 1 is 1.69 bits per heavy atom. The predicted octanol–water partition coefficient (Wildman–Crippen LogP) is 0.0275. The number of nitrogens with zero attached hydrogens (tertiary/aromatic N) is 2.